The van der Waals surface area contributed by atoms with Gasteiger partial charge < -0.3 is 9.84 Å². The highest BCUT2D eigenvalue weighted by Gasteiger charge is 2.72. The molecule has 6 rings (SSSR count). The third-order valence-corrected chi connectivity index (χ3v) is 13.4. The molecule has 3 nitrogen and oxygen atoms in total. The van der Waals surface area contributed by atoms with Crippen LogP contribution in [0.2, 0.25) is 0 Å². The molecule has 2 bridgehead atoms. The maximum absolute atomic E-state index is 12.9. The summed E-state index contributed by atoms with van der Waals surface area (Å²) in [5, 5.41) is 10.8. The van der Waals surface area contributed by atoms with E-state index in [1.807, 2.05) is 6.08 Å². The lowest BCUT2D eigenvalue weighted by atomic mass is 9.32. The molecule has 6 aliphatic rings. The van der Waals surface area contributed by atoms with Crippen molar-refractivity contribution in [1.29, 1.82) is 0 Å². The van der Waals surface area contributed by atoms with Gasteiger partial charge in [-0.25, -0.2) is 0 Å². The highest BCUT2D eigenvalue weighted by molar-refractivity contribution is 5.98. The number of rotatable bonds is 0. The molecule has 0 aromatic rings. The number of aliphatic hydroxyl groups is 1. The van der Waals surface area contributed by atoms with Crippen LogP contribution in [0.4, 0.5) is 0 Å². The first-order valence-corrected chi connectivity index (χ1v) is 13.8. The number of carbonyl (C=O) groups is 1. The molecule has 4 saturated carbocycles. The molecule has 5 aliphatic carbocycles. The van der Waals surface area contributed by atoms with Crippen LogP contribution in [-0.2, 0) is 9.53 Å². The van der Waals surface area contributed by atoms with Crippen LogP contribution >= 0.6 is 0 Å². The van der Waals surface area contributed by atoms with Gasteiger partial charge in [-0.15, -0.1) is 0 Å². The van der Waals surface area contributed by atoms with Crippen LogP contribution in [0.3, 0.4) is 0 Å². The molecule has 0 unspecified atom stereocenters. The number of hydrogen-bond donors (Lipinski definition) is 1. The molecule has 0 aromatic carbocycles. The molecule has 0 spiro atoms. The summed E-state index contributed by atoms with van der Waals surface area (Å²) in [6.45, 7) is 17.7. The van der Waals surface area contributed by atoms with Crippen LogP contribution in [0.15, 0.2) is 11.8 Å². The lowest BCUT2D eigenvalue weighted by Gasteiger charge is -2.72. The van der Waals surface area contributed by atoms with Crippen LogP contribution in [0.5, 0.6) is 0 Å². The molecule has 1 N–H and O–H groups in total. The largest absolute Gasteiger partial charge is 0.505 e. The van der Waals surface area contributed by atoms with Crippen LogP contribution < -0.4 is 0 Å². The number of ether oxygens (including phenoxy) is 1. The molecule has 5 fully saturated rings. The van der Waals surface area contributed by atoms with E-state index in [4.69, 9.17) is 4.74 Å². The third-order valence-electron chi connectivity index (χ3n) is 13.4. The van der Waals surface area contributed by atoms with Crippen LogP contribution in [-0.4, -0.2) is 23.6 Å². The van der Waals surface area contributed by atoms with Crippen molar-refractivity contribution in [3.8, 4) is 0 Å². The first-order chi connectivity index (χ1) is 15.2. The van der Waals surface area contributed by atoms with Crippen molar-refractivity contribution in [3.63, 3.8) is 0 Å². The van der Waals surface area contributed by atoms with Crippen LogP contribution in [0.25, 0.3) is 0 Å². The van der Waals surface area contributed by atoms with Crippen molar-refractivity contribution in [3.05, 3.63) is 11.8 Å². The summed E-state index contributed by atoms with van der Waals surface area (Å²) < 4.78 is 6.67. The molecule has 0 aromatic heterocycles. The topological polar surface area (TPSA) is 46.5 Å². The van der Waals surface area contributed by atoms with Crippen molar-refractivity contribution in [2.24, 2.45) is 56.2 Å². The fourth-order valence-corrected chi connectivity index (χ4v) is 11.4. The Morgan fingerprint density at radius 3 is 2.27 bits per heavy atom. The lowest BCUT2D eigenvalue weighted by molar-refractivity contribution is -0.227. The normalized spacial score (nSPS) is 56.2. The summed E-state index contributed by atoms with van der Waals surface area (Å²) in [5.74, 6) is 2.25. The Labute approximate surface area is 201 Å². The number of ketones is 1. The van der Waals surface area contributed by atoms with Gasteiger partial charge in [0.05, 0.1) is 12.7 Å². The number of Topliss-reactive ketones (excluding diaryl/α,β-unsaturated/α-hetero) is 1. The summed E-state index contributed by atoms with van der Waals surface area (Å²) in [6, 6.07) is 0. The Morgan fingerprint density at radius 2 is 1.55 bits per heavy atom. The zero-order valence-electron chi connectivity index (χ0n) is 22.1. The average Bonchev–Trinajstić information content (AvgIpc) is 3.06. The zero-order chi connectivity index (χ0) is 23.8. The zero-order valence-corrected chi connectivity index (χ0v) is 22.1. The van der Waals surface area contributed by atoms with Crippen molar-refractivity contribution >= 4 is 5.78 Å². The monoisotopic (exact) mass is 454 g/mol. The van der Waals surface area contributed by atoms with Crippen molar-refractivity contribution in [2.45, 2.75) is 106 Å². The first kappa shape index (κ1) is 22.6. The molecule has 33 heavy (non-hydrogen) atoms. The summed E-state index contributed by atoms with van der Waals surface area (Å²) in [5.41, 5.74) is 0.644. The summed E-state index contributed by atoms with van der Waals surface area (Å²) in [6.07, 6.45) is 12.5. The number of fused-ring (bicyclic) bond motifs is 5. The molecule has 9 atom stereocenters. The van der Waals surface area contributed by atoms with E-state index in [2.05, 4.69) is 48.5 Å². The Morgan fingerprint density at radius 1 is 0.848 bits per heavy atom. The molecule has 1 saturated heterocycles. The van der Waals surface area contributed by atoms with E-state index in [0.717, 1.165) is 18.9 Å². The van der Waals surface area contributed by atoms with Crippen molar-refractivity contribution in [2.75, 3.05) is 6.61 Å². The molecular formula is C30H46O3. The van der Waals surface area contributed by atoms with Gasteiger partial charge in [-0.3, -0.25) is 4.79 Å². The lowest BCUT2D eigenvalue weighted by Crippen LogP contribution is -2.67. The van der Waals surface area contributed by atoms with Crippen LogP contribution in [0, 0.1) is 56.2 Å². The maximum Gasteiger partial charge on any atom is 0.202 e. The summed E-state index contributed by atoms with van der Waals surface area (Å²) in [4.78, 5) is 12.9. The number of allylic oxidation sites excluding steroid dienone is 2. The quantitative estimate of drug-likeness (QED) is 0.424. The van der Waals surface area contributed by atoms with E-state index < -0.39 is 5.41 Å². The van der Waals surface area contributed by atoms with Gasteiger partial charge in [0.2, 0.25) is 5.78 Å². The van der Waals surface area contributed by atoms with E-state index >= 15 is 0 Å². The molecule has 1 aliphatic heterocycles. The minimum absolute atomic E-state index is 0.0262. The minimum atomic E-state index is -0.483. The second kappa shape index (κ2) is 6.29. The second-order valence-electron chi connectivity index (χ2n) is 15.2. The minimum Gasteiger partial charge on any atom is -0.505 e. The average molecular weight is 455 g/mol. The van der Waals surface area contributed by atoms with E-state index in [0.29, 0.717) is 34.7 Å². The van der Waals surface area contributed by atoms with Gasteiger partial charge in [0.25, 0.3) is 0 Å². The van der Waals surface area contributed by atoms with Gasteiger partial charge in [0.1, 0.15) is 0 Å². The molecule has 0 radical (unpaired) electrons. The highest BCUT2D eigenvalue weighted by atomic mass is 16.5. The summed E-state index contributed by atoms with van der Waals surface area (Å²) >= 11 is 0. The Kier molecular flexibility index (Phi) is 4.31. The van der Waals surface area contributed by atoms with Gasteiger partial charge in [-0.2, -0.15) is 0 Å². The number of hydrogen-bond acceptors (Lipinski definition) is 3. The molecular weight excluding hydrogens is 408 g/mol. The standard InChI is InChI=1S/C30H46O3/c1-25(2)12-14-30-15-13-28(6)18(22(30)24(25)33-17-30)8-9-21-27(5)16-19(31)23(32)26(3,4)20(27)10-11-29(21,28)7/h16,18,20-22,24,31H,8-15,17H2,1-7H3/t18-,20+,21-,22-,24-,27+,28-,29-,30-/m1/s1. The second-order valence-corrected chi connectivity index (χ2v) is 15.2. The highest BCUT2D eigenvalue weighted by Crippen LogP contribution is 2.77. The van der Waals surface area contributed by atoms with Gasteiger partial charge in [-0.05, 0) is 108 Å². The number of carbonyl (C=O) groups excluding carboxylic acids is 1. The van der Waals surface area contributed by atoms with E-state index in [-0.39, 0.29) is 27.8 Å². The molecule has 3 heteroatoms. The molecule has 184 valence electrons. The Balaban J connectivity index is 1.43. The van der Waals surface area contributed by atoms with Gasteiger partial charge in [-0.1, -0.05) is 48.5 Å². The van der Waals surface area contributed by atoms with E-state index in [1.165, 1.54) is 44.9 Å². The van der Waals surface area contributed by atoms with Crippen LogP contribution in [0.1, 0.15) is 99.8 Å². The Hall–Kier alpha value is -0.830. The first-order valence-electron chi connectivity index (χ1n) is 13.8. The fraction of sp³-hybridized carbons (Fsp3) is 0.900. The maximum atomic E-state index is 12.9. The predicted octanol–water partition coefficient (Wildman–Crippen LogP) is 7.11. The SMILES string of the molecule is CC1(C)CC[C@]23CC[C@]4(C)[C@H](CC[C@@H]5[C@@]6(C)C=C(O)C(=O)C(C)(C)[C@@H]6CC[C@]54C)[C@@H]2[C@H]1OC3. The van der Waals surface area contributed by atoms with Gasteiger partial charge >= 0.3 is 0 Å². The van der Waals surface area contributed by atoms with Gasteiger partial charge in [0.15, 0.2) is 5.76 Å². The number of aliphatic hydroxyl groups excluding tert-OH is 1. The molecule has 1 heterocycles. The van der Waals surface area contributed by atoms with E-state index in [9.17, 15) is 9.90 Å². The van der Waals surface area contributed by atoms with Crippen molar-refractivity contribution < 1.29 is 14.6 Å². The van der Waals surface area contributed by atoms with Crippen molar-refractivity contribution in [1.82, 2.24) is 0 Å². The Bertz CT molecular complexity index is 931. The van der Waals surface area contributed by atoms with Gasteiger partial charge in [0, 0.05) is 5.41 Å². The third kappa shape index (κ3) is 2.44. The predicted molar refractivity (Wildman–Crippen MR) is 131 cm³/mol. The summed E-state index contributed by atoms with van der Waals surface area (Å²) in [7, 11) is 0. The molecule has 0 amide bonds. The van der Waals surface area contributed by atoms with E-state index in [1.54, 1.807) is 0 Å². The fourth-order valence-electron chi connectivity index (χ4n) is 11.4. The smallest absolute Gasteiger partial charge is 0.202 e.